The van der Waals surface area contributed by atoms with Gasteiger partial charge >= 0.3 is 6.18 Å². The molecular weight excluding hydrogens is 240 g/mol. The van der Waals surface area contributed by atoms with E-state index in [1.54, 1.807) is 6.92 Å². The highest BCUT2D eigenvalue weighted by Crippen LogP contribution is 2.41. The summed E-state index contributed by atoms with van der Waals surface area (Å²) in [7, 11) is 0. The molecule has 2 nitrogen and oxygen atoms in total. The Morgan fingerprint density at radius 1 is 1.00 bits per heavy atom. The SMILES string of the molecule is CCOc1ccc(OCC)c(C(F)(F)F)c1F. The fourth-order valence-corrected chi connectivity index (χ4v) is 1.35. The average Bonchev–Trinajstić information content (AvgIpc) is 2.21. The van der Waals surface area contributed by atoms with Crippen molar-refractivity contribution >= 4 is 0 Å². The van der Waals surface area contributed by atoms with E-state index in [0.29, 0.717) is 0 Å². The highest BCUT2D eigenvalue weighted by molar-refractivity contribution is 5.43. The molecule has 17 heavy (non-hydrogen) atoms. The molecule has 1 rings (SSSR count). The van der Waals surface area contributed by atoms with Crippen molar-refractivity contribution < 1.29 is 27.0 Å². The Hall–Kier alpha value is -1.46. The van der Waals surface area contributed by atoms with Crippen molar-refractivity contribution in [2.24, 2.45) is 0 Å². The molecule has 0 radical (unpaired) electrons. The summed E-state index contributed by atoms with van der Waals surface area (Å²) in [4.78, 5) is 0. The molecule has 0 unspecified atom stereocenters. The minimum absolute atomic E-state index is 0.0243. The van der Waals surface area contributed by atoms with Gasteiger partial charge in [-0.05, 0) is 26.0 Å². The Bertz CT molecular complexity index is 388. The van der Waals surface area contributed by atoms with Crippen molar-refractivity contribution in [3.05, 3.63) is 23.5 Å². The molecule has 1 aromatic rings. The number of hydrogen-bond donors (Lipinski definition) is 0. The van der Waals surface area contributed by atoms with Crippen molar-refractivity contribution in [2.45, 2.75) is 20.0 Å². The van der Waals surface area contributed by atoms with Crippen molar-refractivity contribution in [3.63, 3.8) is 0 Å². The van der Waals surface area contributed by atoms with Crippen LogP contribution in [0.1, 0.15) is 19.4 Å². The predicted octanol–water partition coefficient (Wildman–Crippen LogP) is 3.64. The zero-order chi connectivity index (χ0) is 13.1. The monoisotopic (exact) mass is 252 g/mol. The Labute approximate surface area is 96.1 Å². The zero-order valence-electron chi connectivity index (χ0n) is 9.40. The molecule has 0 saturated carbocycles. The maximum Gasteiger partial charge on any atom is 0.422 e. The molecule has 96 valence electrons. The lowest BCUT2D eigenvalue weighted by Crippen LogP contribution is -2.12. The fourth-order valence-electron chi connectivity index (χ4n) is 1.35. The largest absolute Gasteiger partial charge is 0.493 e. The van der Waals surface area contributed by atoms with E-state index >= 15 is 0 Å². The van der Waals surface area contributed by atoms with Crippen LogP contribution in [-0.4, -0.2) is 13.2 Å². The highest BCUT2D eigenvalue weighted by Gasteiger charge is 2.39. The summed E-state index contributed by atoms with van der Waals surface area (Å²) < 4.78 is 61.2. The van der Waals surface area contributed by atoms with E-state index in [1.807, 2.05) is 0 Å². The van der Waals surface area contributed by atoms with E-state index in [0.717, 1.165) is 12.1 Å². The normalized spacial score (nSPS) is 11.4. The number of ether oxygens (including phenoxy) is 2. The Balaban J connectivity index is 3.31. The number of alkyl halides is 3. The van der Waals surface area contributed by atoms with E-state index in [1.165, 1.54) is 6.92 Å². The summed E-state index contributed by atoms with van der Waals surface area (Å²) in [5, 5.41) is 0. The molecule has 0 heterocycles. The van der Waals surface area contributed by atoms with Crippen molar-refractivity contribution in [1.29, 1.82) is 0 Å². The van der Waals surface area contributed by atoms with Crippen molar-refractivity contribution in [3.8, 4) is 11.5 Å². The predicted molar refractivity (Wildman–Crippen MR) is 53.7 cm³/mol. The Kier molecular flexibility index (Phi) is 4.20. The van der Waals surface area contributed by atoms with Crippen LogP contribution in [0.15, 0.2) is 12.1 Å². The van der Waals surface area contributed by atoms with Crippen LogP contribution < -0.4 is 9.47 Å². The molecule has 1 aromatic carbocycles. The lowest BCUT2D eigenvalue weighted by atomic mass is 10.1. The third-order valence-corrected chi connectivity index (χ3v) is 1.95. The number of benzene rings is 1. The first-order valence-corrected chi connectivity index (χ1v) is 5.07. The van der Waals surface area contributed by atoms with E-state index in [9.17, 15) is 17.6 Å². The van der Waals surface area contributed by atoms with Gasteiger partial charge in [-0.3, -0.25) is 0 Å². The summed E-state index contributed by atoms with van der Waals surface area (Å²) >= 11 is 0. The maximum atomic E-state index is 13.6. The summed E-state index contributed by atoms with van der Waals surface area (Å²) in [6.07, 6.45) is -4.82. The summed E-state index contributed by atoms with van der Waals surface area (Å²) in [5.74, 6) is -2.39. The first kappa shape index (κ1) is 13.6. The van der Waals surface area contributed by atoms with Gasteiger partial charge in [-0.1, -0.05) is 0 Å². The van der Waals surface area contributed by atoms with Gasteiger partial charge in [0, 0.05) is 0 Å². The van der Waals surface area contributed by atoms with E-state index in [4.69, 9.17) is 9.47 Å². The van der Waals surface area contributed by atoms with Crippen LogP contribution in [0.4, 0.5) is 17.6 Å². The fraction of sp³-hybridized carbons (Fsp3) is 0.455. The molecule has 0 amide bonds. The van der Waals surface area contributed by atoms with Crippen LogP contribution >= 0.6 is 0 Å². The first-order chi connectivity index (χ1) is 7.91. The van der Waals surface area contributed by atoms with Gasteiger partial charge in [-0.2, -0.15) is 13.2 Å². The van der Waals surface area contributed by atoms with Gasteiger partial charge in [-0.15, -0.1) is 0 Å². The topological polar surface area (TPSA) is 18.5 Å². The molecule has 0 aliphatic heterocycles. The Morgan fingerprint density at radius 2 is 1.47 bits per heavy atom. The quantitative estimate of drug-likeness (QED) is 0.761. The molecule has 0 saturated heterocycles. The highest BCUT2D eigenvalue weighted by atomic mass is 19.4. The third-order valence-electron chi connectivity index (χ3n) is 1.95. The molecule has 6 heteroatoms. The molecule has 0 atom stereocenters. The van der Waals surface area contributed by atoms with Gasteiger partial charge in [0.2, 0.25) is 0 Å². The van der Waals surface area contributed by atoms with Gasteiger partial charge in [0.25, 0.3) is 0 Å². The smallest absolute Gasteiger partial charge is 0.422 e. The molecule has 0 aliphatic carbocycles. The van der Waals surface area contributed by atoms with Gasteiger partial charge < -0.3 is 9.47 Å². The second kappa shape index (κ2) is 5.25. The van der Waals surface area contributed by atoms with E-state index < -0.39 is 29.1 Å². The molecule has 0 aliphatic rings. The first-order valence-electron chi connectivity index (χ1n) is 5.07. The van der Waals surface area contributed by atoms with Crippen LogP contribution in [-0.2, 0) is 6.18 Å². The van der Waals surface area contributed by atoms with Crippen LogP contribution in [0.5, 0.6) is 11.5 Å². The molecule has 0 bridgehead atoms. The van der Waals surface area contributed by atoms with Gasteiger partial charge in [-0.25, -0.2) is 4.39 Å². The molecule has 0 fully saturated rings. The van der Waals surface area contributed by atoms with Gasteiger partial charge in [0.05, 0.1) is 13.2 Å². The average molecular weight is 252 g/mol. The minimum atomic E-state index is -4.82. The zero-order valence-corrected chi connectivity index (χ0v) is 9.40. The molecular formula is C11H12F4O2. The molecule has 0 spiro atoms. The summed E-state index contributed by atoms with van der Waals surface area (Å²) in [6, 6.07) is 2.18. The van der Waals surface area contributed by atoms with Crippen LogP contribution in [0.3, 0.4) is 0 Å². The number of hydrogen-bond acceptors (Lipinski definition) is 2. The Morgan fingerprint density at radius 3 is 1.94 bits per heavy atom. The standard InChI is InChI=1S/C11H12F4O2/c1-3-16-7-5-6-8(17-4-2)10(12)9(7)11(13,14)15/h5-6H,3-4H2,1-2H3. The van der Waals surface area contributed by atoms with Gasteiger partial charge in [0.15, 0.2) is 11.6 Å². The number of halogens is 4. The summed E-state index contributed by atoms with van der Waals surface area (Å²) in [6.45, 7) is 3.19. The van der Waals surface area contributed by atoms with Crippen LogP contribution in [0, 0.1) is 5.82 Å². The van der Waals surface area contributed by atoms with Crippen molar-refractivity contribution in [2.75, 3.05) is 13.2 Å². The summed E-state index contributed by atoms with van der Waals surface area (Å²) in [5.41, 5.74) is -1.43. The van der Waals surface area contributed by atoms with Crippen LogP contribution in [0.2, 0.25) is 0 Å². The third kappa shape index (κ3) is 3.01. The second-order valence-electron chi connectivity index (χ2n) is 3.11. The minimum Gasteiger partial charge on any atom is -0.493 e. The van der Waals surface area contributed by atoms with Crippen molar-refractivity contribution in [1.82, 2.24) is 0 Å². The lowest BCUT2D eigenvalue weighted by Gasteiger charge is -2.16. The number of rotatable bonds is 4. The van der Waals surface area contributed by atoms with E-state index in [2.05, 4.69) is 0 Å². The molecule has 0 N–H and O–H groups in total. The lowest BCUT2D eigenvalue weighted by molar-refractivity contribution is -0.141. The second-order valence-corrected chi connectivity index (χ2v) is 3.11. The maximum absolute atomic E-state index is 13.6. The van der Waals surface area contributed by atoms with E-state index in [-0.39, 0.29) is 13.2 Å². The van der Waals surface area contributed by atoms with Gasteiger partial charge in [0.1, 0.15) is 11.3 Å². The van der Waals surface area contributed by atoms with Crippen LogP contribution in [0.25, 0.3) is 0 Å². The molecule has 0 aromatic heterocycles.